The highest BCUT2D eigenvalue weighted by Crippen LogP contribution is 2.35. The summed E-state index contributed by atoms with van der Waals surface area (Å²) >= 11 is 0. The first-order chi connectivity index (χ1) is 7.41. The summed E-state index contributed by atoms with van der Waals surface area (Å²) in [5, 5.41) is 6.12. The van der Waals surface area contributed by atoms with E-state index in [2.05, 4.69) is 24.5 Å². The fourth-order valence-corrected chi connectivity index (χ4v) is 2.11. The van der Waals surface area contributed by atoms with Crippen molar-refractivity contribution in [1.82, 2.24) is 10.6 Å². The van der Waals surface area contributed by atoms with Crippen molar-refractivity contribution in [3.05, 3.63) is 0 Å². The van der Waals surface area contributed by atoms with Crippen LogP contribution in [-0.2, 0) is 0 Å². The molecule has 0 aromatic carbocycles. The van der Waals surface area contributed by atoms with Crippen molar-refractivity contribution in [3.63, 3.8) is 0 Å². The minimum Gasteiger partial charge on any atom is -0.316 e. The topological polar surface area (TPSA) is 24.1 Å². The molecule has 2 N–H and O–H groups in total. The highest BCUT2D eigenvalue weighted by atomic mass is 19.4. The zero-order valence-corrected chi connectivity index (χ0v) is 9.90. The van der Waals surface area contributed by atoms with E-state index < -0.39 is 18.1 Å². The predicted octanol–water partition coefficient (Wildman–Crippen LogP) is 2.16. The van der Waals surface area contributed by atoms with Gasteiger partial charge in [-0.15, -0.1) is 0 Å². The van der Waals surface area contributed by atoms with E-state index in [9.17, 15) is 13.2 Å². The zero-order chi connectivity index (χ0) is 12.2. The number of halogens is 3. The molecule has 5 heteroatoms. The van der Waals surface area contributed by atoms with E-state index in [1.807, 2.05) is 0 Å². The average molecular weight is 238 g/mol. The molecule has 1 rings (SSSR count). The van der Waals surface area contributed by atoms with Gasteiger partial charge in [-0.3, -0.25) is 0 Å². The van der Waals surface area contributed by atoms with Crippen LogP contribution in [0.2, 0.25) is 0 Å². The molecule has 16 heavy (non-hydrogen) atoms. The van der Waals surface area contributed by atoms with Gasteiger partial charge < -0.3 is 10.6 Å². The first kappa shape index (κ1) is 13.8. The Labute approximate surface area is 95.0 Å². The van der Waals surface area contributed by atoms with Gasteiger partial charge in [0.2, 0.25) is 0 Å². The molecule has 1 aliphatic rings. The first-order valence-corrected chi connectivity index (χ1v) is 5.92. The van der Waals surface area contributed by atoms with E-state index in [0.717, 1.165) is 6.54 Å². The molecule has 0 saturated carbocycles. The molecule has 1 fully saturated rings. The average Bonchev–Trinajstić information content (AvgIpc) is 2.59. The summed E-state index contributed by atoms with van der Waals surface area (Å²) in [6.45, 7) is 6.17. The van der Waals surface area contributed by atoms with Crippen LogP contribution in [0.25, 0.3) is 0 Å². The van der Waals surface area contributed by atoms with Crippen molar-refractivity contribution >= 4 is 0 Å². The molecule has 1 saturated heterocycles. The maximum absolute atomic E-state index is 12.6. The summed E-state index contributed by atoms with van der Waals surface area (Å²) in [5.41, 5.74) is 0. The van der Waals surface area contributed by atoms with Gasteiger partial charge in [-0.25, -0.2) is 0 Å². The molecule has 96 valence electrons. The number of hydrogen-bond acceptors (Lipinski definition) is 2. The van der Waals surface area contributed by atoms with Crippen LogP contribution in [0.5, 0.6) is 0 Å². The number of alkyl halides is 3. The second-order valence-electron chi connectivity index (χ2n) is 4.88. The Balaban J connectivity index is 2.25. The molecule has 0 aliphatic carbocycles. The molecular weight excluding hydrogens is 217 g/mol. The van der Waals surface area contributed by atoms with Gasteiger partial charge in [-0.1, -0.05) is 13.8 Å². The number of nitrogens with one attached hydrogen (secondary N) is 2. The van der Waals surface area contributed by atoms with Crippen molar-refractivity contribution in [2.24, 2.45) is 11.8 Å². The summed E-state index contributed by atoms with van der Waals surface area (Å²) in [6.07, 6.45) is -3.28. The smallest absolute Gasteiger partial charge is 0.316 e. The van der Waals surface area contributed by atoms with Crippen molar-refractivity contribution < 1.29 is 13.2 Å². The van der Waals surface area contributed by atoms with E-state index in [0.29, 0.717) is 25.4 Å². The first-order valence-electron chi connectivity index (χ1n) is 5.92. The predicted molar refractivity (Wildman–Crippen MR) is 58.3 cm³/mol. The van der Waals surface area contributed by atoms with Gasteiger partial charge in [-0.2, -0.15) is 13.2 Å². The Kier molecular flexibility index (Phi) is 5.05. The molecule has 0 amide bonds. The summed E-state index contributed by atoms with van der Waals surface area (Å²) in [5.74, 6) is -0.622. The van der Waals surface area contributed by atoms with E-state index in [1.165, 1.54) is 0 Å². The molecule has 0 aromatic rings. The largest absolute Gasteiger partial charge is 0.393 e. The fraction of sp³-hybridized carbons (Fsp3) is 1.00. The Morgan fingerprint density at radius 2 is 2.06 bits per heavy atom. The van der Waals surface area contributed by atoms with Crippen LogP contribution in [0.1, 0.15) is 26.7 Å². The second-order valence-corrected chi connectivity index (χ2v) is 4.88. The van der Waals surface area contributed by atoms with Crippen LogP contribution in [0.3, 0.4) is 0 Å². The van der Waals surface area contributed by atoms with Crippen molar-refractivity contribution in [2.75, 3.05) is 19.6 Å². The summed E-state index contributed by atoms with van der Waals surface area (Å²) in [4.78, 5) is 0. The number of hydrogen-bond donors (Lipinski definition) is 2. The van der Waals surface area contributed by atoms with Crippen molar-refractivity contribution in [3.8, 4) is 0 Å². The quantitative estimate of drug-likeness (QED) is 0.717. The van der Waals surface area contributed by atoms with Gasteiger partial charge in [0.05, 0.1) is 5.92 Å². The maximum Gasteiger partial charge on any atom is 0.393 e. The van der Waals surface area contributed by atoms with Crippen molar-refractivity contribution in [2.45, 2.75) is 38.9 Å². The van der Waals surface area contributed by atoms with Crippen LogP contribution in [-0.4, -0.2) is 31.9 Å². The van der Waals surface area contributed by atoms with E-state index in [4.69, 9.17) is 0 Å². The van der Waals surface area contributed by atoms with E-state index in [-0.39, 0.29) is 6.42 Å². The van der Waals surface area contributed by atoms with Gasteiger partial charge in [0, 0.05) is 6.04 Å². The van der Waals surface area contributed by atoms with Crippen LogP contribution in [0, 0.1) is 11.8 Å². The van der Waals surface area contributed by atoms with Gasteiger partial charge in [0.25, 0.3) is 0 Å². The Hall–Kier alpha value is -0.290. The number of rotatable bonds is 5. The van der Waals surface area contributed by atoms with Crippen LogP contribution < -0.4 is 10.6 Å². The second kappa shape index (κ2) is 5.87. The molecule has 1 heterocycles. The third-order valence-electron chi connectivity index (χ3n) is 2.95. The molecule has 2 atom stereocenters. The lowest BCUT2D eigenvalue weighted by Gasteiger charge is -2.22. The molecule has 0 bridgehead atoms. The Morgan fingerprint density at radius 1 is 1.38 bits per heavy atom. The fourth-order valence-electron chi connectivity index (χ4n) is 2.11. The third-order valence-corrected chi connectivity index (χ3v) is 2.95. The highest BCUT2D eigenvalue weighted by molar-refractivity contribution is 4.88. The van der Waals surface area contributed by atoms with Crippen LogP contribution in [0.15, 0.2) is 0 Å². The van der Waals surface area contributed by atoms with Crippen LogP contribution in [0.4, 0.5) is 13.2 Å². The lowest BCUT2D eigenvalue weighted by atomic mass is 9.97. The molecule has 2 nitrogen and oxygen atoms in total. The monoisotopic (exact) mass is 238 g/mol. The SMILES string of the molecule is CC(C)CNCCC1NCCC1C(F)(F)F. The van der Waals surface area contributed by atoms with E-state index in [1.54, 1.807) is 0 Å². The minimum atomic E-state index is -4.05. The normalized spacial score (nSPS) is 26.6. The van der Waals surface area contributed by atoms with Crippen molar-refractivity contribution in [1.29, 1.82) is 0 Å². The molecule has 1 aliphatic heterocycles. The molecule has 0 spiro atoms. The highest BCUT2D eigenvalue weighted by Gasteiger charge is 2.46. The molecular formula is C11H21F3N2. The standard InChI is InChI=1S/C11H21F3N2/c1-8(2)7-15-5-4-10-9(3-6-16-10)11(12,13)14/h8-10,15-16H,3-7H2,1-2H3. The van der Waals surface area contributed by atoms with Crippen LogP contribution >= 0.6 is 0 Å². The van der Waals surface area contributed by atoms with Gasteiger partial charge >= 0.3 is 6.18 Å². The lowest BCUT2D eigenvalue weighted by molar-refractivity contribution is -0.176. The third kappa shape index (κ3) is 4.29. The van der Waals surface area contributed by atoms with E-state index >= 15 is 0 Å². The molecule has 2 unspecified atom stereocenters. The van der Waals surface area contributed by atoms with Gasteiger partial charge in [0.15, 0.2) is 0 Å². The summed E-state index contributed by atoms with van der Waals surface area (Å²) < 4.78 is 37.8. The van der Waals surface area contributed by atoms with Gasteiger partial charge in [-0.05, 0) is 38.4 Å². The van der Waals surface area contributed by atoms with Gasteiger partial charge in [0.1, 0.15) is 0 Å². The zero-order valence-electron chi connectivity index (χ0n) is 9.90. The summed E-state index contributed by atoms with van der Waals surface area (Å²) in [6, 6.07) is -0.403. The lowest BCUT2D eigenvalue weighted by Crippen LogP contribution is -2.38. The Morgan fingerprint density at radius 3 is 2.62 bits per heavy atom. The molecule has 0 radical (unpaired) electrons. The summed E-state index contributed by atoms with van der Waals surface area (Å²) in [7, 11) is 0. The molecule has 0 aromatic heterocycles. The maximum atomic E-state index is 12.6. The minimum absolute atomic E-state index is 0.221. The Bertz CT molecular complexity index is 204.